The Bertz CT molecular complexity index is 787. The molecule has 2 aromatic rings. The van der Waals surface area contributed by atoms with E-state index < -0.39 is 27.3 Å². The third kappa shape index (κ3) is 3.80. The van der Waals surface area contributed by atoms with Gasteiger partial charge in [0.1, 0.15) is 9.84 Å². The molecule has 0 radical (unpaired) electrons. The zero-order valence-corrected chi connectivity index (χ0v) is 13.1. The van der Waals surface area contributed by atoms with Crippen molar-refractivity contribution in [1.82, 2.24) is 9.47 Å². The summed E-state index contributed by atoms with van der Waals surface area (Å²) < 4.78 is 64.0. The molecule has 0 aliphatic carbocycles. The Morgan fingerprint density at radius 2 is 1.86 bits per heavy atom. The van der Waals surface area contributed by atoms with Crippen LogP contribution in [0.4, 0.5) is 13.2 Å². The predicted molar refractivity (Wildman–Crippen MR) is 79.0 cm³/mol. The smallest absolute Gasteiger partial charge is 0.196 e. The quantitative estimate of drug-likeness (QED) is 0.759. The van der Waals surface area contributed by atoms with Gasteiger partial charge in [-0.25, -0.2) is 21.6 Å². The Morgan fingerprint density at radius 3 is 2.50 bits per heavy atom. The summed E-state index contributed by atoms with van der Waals surface area (Å²) in [6.07, 6.45) is 2.71. The summed E-state index contributed by atoms with van der Waals surface area (Å²) >= 11 is 0. The maximum absolute atomic E-state index is 13.9. The summed E-state index contributed by atoms with van der Waals surface area (Å²) in [5.41, 5.74) is 0.00964. The van der Waals surface area contributed by atoms with Crippen molar-refractivity contribution in [2.45, 2.75) is 6.54 Å². The van der Waals surface area contributed by atoms with Crippen LogP contribution < -0.4 is 0 Å². The second-order valence-electron chi connectivity index (χ2n) is 5.37. The van der Waals surface area contributed by atoms with Gasteiger partial charge in [0.25, 0.3) is 0 Å². The number of hydrogen-bond acceptors (Lipinski definition) is 3. The number of aromatic nitrogens is 1. The lowest BCUT2D eigenvalue weighted by molar-refractivity contribution is 0.337. The molecule has 0 aliphatic rings. The number of nitrogens with zero attached hydrogens (tertiary/aromatic N) is 2. The van der Waals surface area contributed by atoms with E-state index in [4.69, 9.17) is 0 Å². The van der Waals surface area contributed by atoms with Crippen molar-refractivity contribution >= 4 is 20.7 Å². The third-order valence-corrected chi connectivity index (χ3v) is 4.38. The number of halogens is 3. The second kappa shape index (κ2) is 6.29. The van der Waals surface area contributed by atoms with Gasteiger partial charge in [0.2, 0.25) is 0 Å². The monoisotopic (exact) mass is 334 g/mol. The molecule has 0 aliphatic heterocycles. The molecule has 2 rings (SSSR count). The average Bonchev–Trinajstić information content (AvgIpc) is 2.82. The first-order valence-electron chi connectivity index (χ1n) is 6.67. The number of rotatable bonds is 6. The second-order valence-corrected chi connectivity index (χ2v) is 7.63. The minimum atomic E-state index is -3.04. The van der Waals surface area contributed by atoms with Crippen LogP contribution in [0.2, 0.25) is 0 Å². The molecule has 22 heavy (non-hydrogen) atoms. The zero-order valence-electron chi connectivity index (χ0n) is 12.3. The molecule has 0 spiro atoms. The summed E-state index contributed by atoms with van der Waals surface area (Å²) in [4.78, 5) is 1.78. The molecule has 0 saturated heterocycles. The summed E-state index contributed by atoms with van der Waals surface area (Å²) in [5, 5.41) is 0.287. The molecule has 0 saturated carbocycles. The first-order valence-corrected chi connectivity index (χ1v) is 8.73. The lowest BCUT2D eigenvalue weighted by Crippen LogP contribution is -2.28. The molecule has 0 N–H and O–H groups in total. The molecule has 0 unspecified atom stereocenters. The van der Waals surface area contributed by atoms with Crippen LogP contribution in [0.15, 0.2) is 18.3 Å². The molecule has 0 atom stereocenters. The van der Waals surface area contributed by atoms with Crippen molar-refractivity contribution in [3.8, 4) is 0 Å². The van der Waals surface area contributed by atoms with E-state index in [2.05, 4.69) is 0 Å². The Kier molecular flexibility index (Phi) is 4.81. The normalized spacial score (nSPS) is 12.5. The molecule has 0 bridgehead atoms. The Hall–Kier alpha value is -1.54. The Balaban J connectivity index is 2.11. The SMILES string of the molecule is CN(CCn1ccc2cc(F)c(F)c(F)c21)CCS(C)(=O)=O. The predicted octanol–water partition coefficient (Wildman–Crippen LogP) is 2.04. The zero-order chi connectivity index (χ0) is 16.5. The van der Waals surface area contributed by atoms with E-state index in [-0.39, 0.29) is 16.7 Å². The highest BCUT2D eigenvalue weighted by atomic mass is 32.2. The average molecular weight is 334 g/mol. The lowest BCUT2D eigenvalue weighted by atomic mass is 10.2. The van der Waals surface area contributed by atoms with Crippen LogP contribution in [-0.2, 0) is 16.4 Å². The van der Waals surface area contributed by atoms with E-state index in [0.717, 1.165) is 12.3 Å². The fourth-order valence-corrected chi connectivity index (χ4v) is 2.81. The van der Waals surface area contributed by atoms with Gasteiger partial charge in [-0.3, -0.25) is 0 Å². The van der Waals surface area contributed by atoms with E-state index in [0.29, 0.717) is 19.6 Å². The van der Waals surface area contributed by atoms with Crippen LogP contribution in [-0.4, -0.2) is 50.0 Å². The van der Waals surface area contributed by atoms with Crippen molar-refractivity contribution in [2.24, 2.45) is 0 Å². The van der Waals surface area contributed by atoms with E-state index in [1.807, 2.05) is 0 Å². The molecule has 0 fully saturated rings. The number of benzene rings is 1. The standard InChI is InChI=1S/C14H17F3N2O2S/c1-18(7-8-22(2,20)21)5-6-19-4-3-10-9-11(15)12(16)13(17)14(10)19/h3-4,9H,5-8H2,1-2H3. The highest BCUT2D eigenvalue weighted by molar-refractivity contribution is 7.90. The topological polar surface area (TPSA) is 42.3 Å². The van der Waals surface area contributed by atoms with Gasteiger partial charge in [0.05, 0.1) is 11.3 Å². The summed E-state index contributed by atoms with van der Waals surface area (Å²) in [6, 6.07) is 2.47. The van der Waals surface area contributed by atoms with Gasteiger partial charge in [0.15, 0.2) is 17.5 Å². The molecule has 8 heteroatoms. The molecule has 122 valence electrons. The molecular weight excluding hydrogens is 317 g/mol. The first kappa shape index (κ1) is 16.8. The first-order chi connectivity index (χ1) is 10.2. The fourth-order valence-electron chi connectivity index (χ4n) is 2.17. The van der Waals surface area contributed by atoms with Crippen LogP contribution in [0.1, 0.15) is 0 Å². The minimum absolute atomic E-state index is 0.00964. The number of sulfone groups is 1. The van der Waals surface area contributed by atoms with Crippen molar-refractivity contribution in [1.29, 1.82) is 0 Å². The van der Waals surface area contributed by atoms with Gasteiger partial charge in [-0.2, -0.15) is 0 Å². The summed E-state index contributed by atoms with van der Waals surface area (Å²) in [7, 11) is -1.30. The Morgan fingerprint density at radius 1 is 1.18 bits per heavy atom. The maximum atomic E-state index is 13.9. The van der Waals surface area contributed by atoms with Crippen LogP contribution in [0.3, 0.4) is 0 Å². The third-order valence-electron chi connectivity index (χ3n) is 3.45. The fraction of sp³-hybridized carbons (Fsp3) is 0.429. The van der Waals surface area contributed by atoms with Crippen LogP contribution in [0.25, 0.3) is 10.9 Å². The number of likely N-dealkylation sites (N-methyl/N-ethyl adjacent to an activating group) is 1. The summed E-state index contributed by atoms with van der Waals surface area (Å²) in [5.74, 6) is -3.88. The van der Waals surface area contributed by atoms with Gasteiger partial charge in [-0.1, -0.05) is 0 Å². The van der Waals surface area contributed by atoms with Gasteiger partial charge in [0, 0.05) is 37.5 Å². The van der Waals surface area contributed by atoms with Crippen LogP contribution in [0, 0.1) is 17.5 Å². The number of hydrogen-bond donors (Lipinski definition) is 0. The molecule has 1 heterocycles. The Labute approximate surface area is 127 Å². The van der Waals surface area contributed by atoms with Crippen LogP contribution in [0.5, 0.6) is 0 Å². The van der Waals surface area contributed by atoms with Crippen molar-refractivity contribution in [2.75, 3.05) is 32.1 Å². The highest BCUT2D eigenvalue weighted by Gasteiger charge is 2.16. The molecule has 4 nitrogen and oxygen atoms in total. The van der Waals surface area contributed by atoms with Crippen LogP contribution >= 0.6 is 0 Å². The number of fused-ring (bicyclic) bond motifs is 1. The molecule has 1 aromatic carbocycles. The van der Waals surface area contributed by atoms with Crippen molar-refractivity contribution < 1.29 is 21.6 Å². The van der Waals surface area contributed by atoms with Crippen molar-refractivity contribution in [3.05, 3.63) is 35.8 Å². The largest absolute Gasteiger partial charge is 0.344 e. The highest BCUT2D eigenvalue weighted by Crippen LogP contribution is 2.24. The minimum Gasteiger partial charge on any atom is -0.344 e. The lowest BCUT2D eigenvalue weighted by Gasteiger charge is -2.17. The molecule has 0 amide bonds. The maximum Gasteiger partial charge on any atom is 0.196 e. The van der Waals surface area contributed by atoms with Gasteiger partial charge >= 0.3 is 0 Å². The molecular formula is C14H17F3N2O2S. The van der Waals surface area contributed by atoms with Gasteiger partial charge < -0.3 is 9.47 Å². The molecule has 1 aromatic heterocycles. The van der Waals surface area contributed by atoms with E-state index in [1.165, 1.54) is 10.6 Å². The van der Waals surface area contributed by atoms with E-state index in [9.17, 15) is 21.6 Å². The van der Waals surface area contributed by atoms with Crippen molar-refractivity contribution in [3.63, 3.8) is 0 Å². The van der Waals surface area contributed by atoms with Gasteiger partial charge in [-0.15, -0.1) is 0 Å². The van der Waals surface area contributed by atoms with E-state index >= 15 is 0 Å². The van der Waals surface area contributed by atoms with E-state index in [1.54, 1.807) is 18.1 Å². The van der Waals surface area contributed by atoms with Gasteiger partial charge in [-0.05, 0) is 19.2 Å². The summed E-state index contributed by atoms with van der Waals surface area (Å²) in [6.45, 7) is 1.15.